The summed E-state index contributed by atoms with van der Waals surface area (Å²) >= 11 is 0. The van der Waals surface area contributed by atoms with Crippen LogP contribution in [0.1, 0.15) is 17.1 Å². The van der Waals surface area contributed by atoms with E-state index in [-0.39, 0.29) is 5.82 Å². The summed E-state index contributed by atoms with van der Waals surface area (Å²) in [7, 11) is 0. The van der Waals surface area contributed by atoms with Crippen LogP contribution in [0, 0.1) is 19.7 Å². The lowest BCUT2D eigenvalue weighted by molar-refractivity contribution is 0.560. The predicted octanol–water partition coefficient (Wildman–Crippen LogP) is 0.872. The molecule has 0 aliphatic rings. The second-order valence-electron chi connectivity index (χ2n) is 3.28. The highest BCUT2D eigenvalue weighted by molar-refractivity contribution is 5.15. The Morgan fingerprint density at radius 1 is 1.40 bits per heavy atom. The molecule has 6 heteroatoms. The van der Waals surface area contributed by atoms with E-state index in [1.165, 1.54) is 10.9 Å². The number of aromatic nitrogens is 5. The molecule has 2 heterocycles. The molecule has 78 valence electrons. The van der Waals surface area contributed by atoms with Gasteiger partial charge in [-0.2, -0.15) is 4.80 Å². The lowest BCUT2D eigenvalue weighted by Gasteiger charge is -2.00. The van der Waals surface area contributed by atoms with Crippen LogP contribution >= 0.6 is 0 Å². The van der Waals surface area contributed by atoms with Gasteiger partial charge in [-0.3, -0.25) is 4.98 Å². The van der Waals surface area contributed by atoms with Crippen LogP contribution in [-0.2, 0) is 6.54 Å². The number of nitrogens with zero attached hydrogens (tertiary/aromatic N) is 5. The average molecular weight is 207 g/mol. The Labute approximate surface area is 86.0 Å². The van der Waals surface area contributed by atoms with Gasteiger partial charge in [0.05, 0.1) is 12.2 Å². The molecule has 2 aromatic heterocycles. The van der Waals surface area contributed by atoms with Crippen molar-refractivity contribution >= 4 is 0 Å². The Bertz CT molecular complexity index is 479. The van der Waals surface area contributed by atoms with Gasteiger partial charge in [0.1, 0.15) is 5.82 Å². The second-order valence-corrected chi connectivity index (χ2v) is 3.28. The maximum atomic E-state index is 13.2. The number of rotatable bonds is 2. The lowest BCUT2D eigenvalue weighted by Crippen LogP contribution is -2.05. The van der Waals surface area contributed by atoms with Gasteiger partial charge < -0.3 is 0 Å². The molecule has 0 amide bonds. The largest absolute Gasteiger partial charge is 0.258 e. The average Bonchev–Trinajstić information content (AvgIpc) is 2.58. The third-order valence-electron chi connectivity index (χ3n) is 1.96. The Morgan fingerprint density at radius 3 is 2.80 bits per heavy atom. The molecule has 0 spiro atoms. The SMILES string of the molecule is Cc1nnn(Cc2cnc(C)c(F)c2)n1. The topological polar surface area (TPSA) is 56.5 Å². The summed E-state index contributed by atoms with van der Waals surface area (Å²) in [6.07, 6.45) is 1.61. The van der Waals surface area contributed by atoms with Gasteiger partial charge in [-0.25, -0.2) is 4.39 Å². The van der Waals surface area contributed by atoms with E-state index < -0.39 is 0 Å². The van der Waals surface area contributed by atoms with Crippen LogP contribution in [0.5, 0.6) is 0 Å². The van der Waals surface area contributed by atoms with Gasteiger partial charge in [-0.1, -0.05) is 0 Å². The summed E-state index contributed by atoms with van der Waals surface area (Å²) in [5.41, 5.74) is 1.11. The molecule has 0 aromatic carbocycles. The van der Waals surface area contributed by atoms with E-state index in [2.05, 4.69) is 20.4 Å². The first-order valence-corrected chi connectivity index (χ1v) is 4.50. The molecule has 0 radical (unpaired) electrons. The molecule has 0 aliphatic heterocycles. The van der Waals surface area contributed by atoms with Crippen molar-refractivity contribution in [2.45, 2.75) is 20.4 Å². The highest BCUT2D eigenvalue weighted by Gasteiger charge is 2.03. The van der Waals surface area contributed by atoms with Crippen molar-refractivity contribution in [1.82, 2.24) is 25.2 Å². The summed E-state index contributed by atoms with van der Waals surface area (Å²) in [5, 5.41) is 11.5. The van der Waals surface area contributed by atoms with E-state index in [9.17, 15) is 4.39 Å². The van der Waals surface area contributed by atoms with Gasteiger partial charge in [0.2, 0.25) is 0 Å². The van der Waals surface area contributed by atoms with E-state index in [0.717, 1.165) is 5.56 Å². The summed E-state index contributed by atoms with van der Waals surface area (Å²) in [6, 6.07) is 1.43. The first-order chi connectivity index (χ1) is 7.15. The predicted molar refractivity (Wildman–Crippen MR) is 50.6 cm³/mol. The molecule has 0 N–H and O–H groups in total. The number of tetrazole rings is 1. The van der Waals surface area contributed by atoms with Crippen molar-refractivity contribution in [2.75, 3.05) is 0 Å². The number of hydrogen-bond donors (Lipinski definition) is 0. The second kappa shape index (κ2) is 3.72. The fraction of sp³-hybridized carbons (Fsp3) is 0.333. The third kappa shape index (κ3) is 2.15. The molecule has 2 rings (SSSR count). The molecule has 2 aromatic rings. The molecule has 0 saturated carbocycles. The van der Waals surface area contributed by atoms with Crippen molar-refractivity contribution in [2.24, 2.45) is 0 Å². The van der Waals surface area contributed by atoms with Gasteiger partial charge in [0.15, 0.2) is 5.82 Å². The van der Waals surface area contributed by atoms with Crippen molar-refractivity contribution in [3.8, 4) is 0 Å². The smallest absolute Gasteiger partial charge is 0.171 e. The van der Waals surface area contributed by atoms with Crippen LogP contribution in [0.4, 0.5) is 4.39 Å². The molecule has 0 unspecified atom stereocenters. The molecule has 0 fully saturated rings. The number of aryl methyl sites for hydroxylation is 2. The lowest BCUT2D eigenvalue weighted by atomic mass is 10.2. The van der Waals surface area contributed by atoms with Gasteiger partial charge in [0.25, 0.3) is 0 Å². The summed E-state index contributed by atoms with van der Waals surface area (Å²) < 4.78 is 13.2. The third-order valence-corrected chi connectivity index (χ3v) is 1.96. The highest BCUT2D eigenvalue weighted by atomic mass is 19.1. The standard InChI is InChI=1S/C9H10FN5/c1-6-9(10)3-8(4-11-6)5-15-13-7(2)12-14-15/h3-4H,5H2,1-2H3. The minimum Gasteiger partial charge on any atom is -0.258 e. The molecule has 15 heavy (non-hydrogen) atoms. The molecule has 0 aliphatic carbocycles. The minimum absolute atomic E-state index is 0.315. The summed E-state index contributed by atoms with van der Waals surface area (Å²) in [6.45, 7) is 3.75. The number of pyridine rings is 1. The van der Waals surface area contributed by atoms with Crippen molar-refractivity contribution in [3.05, 3.63) is 35.2 Å². The number of halogens is 1. The van der Waals surface area contributed by atoms with E-state index in [1.807, 2.05) is 0 Å². The normalized spacial score (nSPS) is 10.6. The molecular weight excluding hydrogens is 197 g/mol. The minimum atomic E-state index is -0.315. The van der Waals surface area contributed by atoms with E-state index in [0.29, 0.717) is 18.1 Å². The van der Waals surface area contributed by atoms with Gasteiger partial charge in [-0.05, 0) is 30.7 Å². The zero-order valence-electron chi connectivity index (χ0n) is 8.48. The Morgan fingerprint density at radius 2 is 2.20 bits per heavy atom. The maximum Gasteiger partial charge on any atom is 0.171 e. The zero-order valence-corrected chi connectivity index (χ0v) is 8.48. The molecule has 0 bridgehead atoms. The van der Waals surface area contributed by atoms with Gasteiger partial charge in [-0.15, -0.1) is 10.2 Å². The highest BCUT2D eigenvalue weighted by Crippen LogP contribution is 2.06. The van der Waals surface area contributed by atoms with Crippen LogP contribution in [0.2, 0.25) is 0 Å². The molecular formula is C9H10FN5. The Balaban J connectivity index is 2.21. The first kappa shape index (κ1) is 9.70. The van der Waals surface area contributed by atoms with Crippen molar-refractivity contribution < 1.29 is 4.39 Å². The van der Waals surface area contributed by atoms with Crippen molar-refractivity contribution in [3.63, 3.8) is 0 Å². The molecule has 5 nitrogen and oxygen atoms in total. The fourth-order valence-electron chi connectivity index (χ4n) is 1.19. The molecule has 0 saturated heterocycles. The first-order valence-electron chi connectivity index (χ1n) is 4.50. The van der Waals surface area contributed by atoms with Crippen molar-refractivity contribution in [1.29, 1.82) is 0 Å². The van der Waals surface area contributed by atoms with Crippen LogP contribution in [-0.4, -0.2) is 25.2 Å². The summed E-state index contributed by atoms with van der Waals surface area (Å²) in [5.74, 6) is 0.278. The Hall–Kier alpha value is -1.85. The zero-order chi connectivity index (χ0) is 10.8. The van der Waals surface area contributed by atoms with Gasteiger partial charge >= 0.3 is 0 Å². The maximum absolute atomic E-state index is 13.2. The van der Waals surface area contributed by atoms with E-state index in [1.54, 1.807) is 20.0 Å². The van der Waals surface area contributed by atoms with Gasteiger partial charge in [0, 0.05) is 6.20 Å². The van der Waals surface area contributed by atoms with Crippen LogP contribution in [0.25, 0.3) is 0 Å². The van der Waals surface area contributed by atoms with E-state index in [4.69, 9.17) is 0 Å². The van der Waals surface area contributed by atoms with Crippen LogP contribution in [0.15, 0.2) is 12.3 Å². The monoisotopic (exact) mass is 207 g/mol. The molecule has 0 atom stereocenters. The van der Waals surface area contributed by atoms with Crippen LogP contribution in [0.3, 0.4) is 0 Å². The number of hydrogen-bond acceptors (Lipinski definition) is 4. The quantitative estimate of drug-likeness (QED) is 0.733. The fourth-order valence-corrected chi connectivity index (χ4v) is 1.19. The van der Waals surface area contributed by atoms with E-state index >= 15 is 0 Å². The Kier molecular flexibility index (Phi) is 2.40. The van der Waals surface area contributed by atoms with Crippen LogP contribution < -0.4 is 0 Å². The summed E-state index contributed by atoms with van der Waals surface area (Å²) in [4.78, 5) is 5.32.